The molecule has 1 fully saturated rings. The Morgan fingerprint density at radius 1 is 1.27 bits per heavy atom. The van der Waals surface area contributed by atoms with Crippen molar-refractivity contribution < 1.29 is 19.4 Å². The minimum atomic E-state index is -1.38. The van der Waals surface area contributed by atoms with Crippen LogP contribution >= 0.6 is 11.6 Å². The van der Waals surface area contributed by atoms with Crippen molar-refractivity contribution in [2.75, 3.05) is 7.11 Å². The highest BCUT2D eigenvalue weighted by atomic mass is 35.5. The fourth-order valence-electron chi connectivity index (χ4n) is 4.34. The average molecular weight is 379 g/mol. The number of hydrogen-bond donors (Lipinski definition) is 3. The third-order valence-electron chi connectivity index (χ3n) is 5.58. The number of carboxylic acid groups (broad SMARTS) is 1. The third-order valence-corrected chi connectivity index (χ3v) is 5.92. The van der Waals surface area contributed by atoms with Gasteiger partial charge in [-0.25, -0.2) is 10.2 Å². The molecular weight excluding hydrogens is 356 g/mol. The van der Waals surface area contributed by atoms with Crippen molar-refractivity contribution in [3.63, 3.8) is 0 Å². The molecule has 1 aromatic rings. The number of methoxy groups -OCH3 is 1. The Balaban J connectivity index is 2.28. The quantitative estimate of drug-likeness (QED) is 0.698. The molecule has 0 radical (unpaired) electrons. The van der Waals surface area contributed by atoms with E-state index in [1.54, 1.807) is 31.2 Å². The standard InChI is InChI=1S/C19H23ClN2O4/c1-11-15(17(23)26-2)16(13-9-5-6-10-14(13)20)19(18(24)25,22-21-11)12-7-3-4-8-12/h5-6,9-10,12,16,21-22H,3-4,7-8H2,1-2H3,(H,24,25). The van der Waals surface area contributed by atoms with Crippen LogP contribution in [0.3, 0.4) is 0 Å². The first kappa shape index (κ1) is 18.7. The van der Waals surface area contributed by atoms with Crippen LogP contribution in [0.15, 0.2) is 35.5 Å². The topological polar surface area (TPSA) is 87.7 Å². The predicted molar refractivity (Wildman–Crippen MR) is 97.5 cm³/mol. The van der Waals surface area contributed by atoms with Crippen LogP contribution in [0.4, 0.5) is 0 Å². The number of benzene rings is 1. The molecule has 1 aliphatic heterocycles. The first-order valence-electron chi connectivity index (χ1n) is 8.73. The highest BCUT2D eigenvalue weighted by Gasteiger charge is 2.58. The summed E-state index contributed by atoms with van der Waals surface area (Å²) in [4.78, 5) is 25.2. The van der Waals surface area contributed by atoms with E-state index >= 15 is 0 Å². The number of carbonyl (C=O) groups excluding carboxylic acids is 1. The van der Waals surface area contributed by atoms with E-state index < -0.39 is 23.4 Å². The Labute approximate surface area is 157 Å². The number of hydrazine groups is 1. The van der Waals surface area contributed by atoms with Crippen molar-refractivity contribution in [1.29, 1.82) is 0 Å². The van der Waals surface area contributed by atoms with Crippen LogP contribution < -0.4 is 10.9 Å². The van der Waals surface area contributed by atoms with Gasteiger partial charge in [0.05, 0.1) is 18.6 Å². The van der Waals surface area contributed by atoms with Crippen LogP contribution in [-0.4, -0.2) is 29.7 Å². The van der Waals surface area contributed by atoms with E-state index in [4.69, 9.17) is 16.3 Å². The molecule has 0 spiro atoms. The molecule has 0 aromatic heterocycles. The van der Waals surface area contributed by atoms with E-state index in [0.29, 0.717) is 21.9 Å². The van der Waals surface area contributed by atoms with E-state index in [1.807, 2.05) is 0 Å². The molecule has 1 saturated carbocycles. The summed E-state index contributed by atoms with van der Waals surface area (Å²) in [5, 5.41) is 10.7. The summed E-state index contributed by atoms with van der Waals surface area (Å²) in [7, 11) is 1.30. The monoisotopic (exact) mass is 378 g/mol. The maximum absolute atomic E-state index is 12.6. The van der Waals surface area contributed by atoms with Crippen LogP contribution in [0.5, 0.6) is 0 Å². The molecule has 26 heavy (non-hydrogen) atoms. The first-order valence-corrected chi connectivity index (χ1v) is 9.11. The fourth-order valence-corrected chi connectivity index (χ4v) is 4.59. The summed E-state index contributed by atoms with van der Waals surface area (Å²) in [6.07, 6.45) is 3.48. The van der Waals surface area contributed by atoms with E-state index in [-0.39, 0.29) is 5.92 Å². The maximum Gasteiger partial charge on any atom is 0.336 e. The minimum absolute atomic E-state index is 0.137. The van der Waals surface area contributed by atoms with Gasteiger partial charge in [-0.15, -0.1) is 0 Å². The number of carbonyl (C=O) groups is 2. The largest absolute Gasteiger partial charge is 0.480 e. The zero-order chi connectivity index (χ0) is 18.9. The molecule has 1 aliphatic carbocycles. The normalized spacial score (nSPS) is 26.5. The highest BCUT2D eigenvalue weighted by molar-refractivity contribution is 6.31. The lowest BCUT2D eigenvalue weighted by Gasteiger charge is -2.46. The zero-order valence-electron chi connectivity index (χ0n) is 14.8. The maximum atomic E-state index is 12.6. The number of halogens is 1. The van der Waals surface area contributed by atoms with Crippen molar-refractivity contribution in [2.24, 2.45) is 5.92 Å². The molecule has 1 aromatic carbocycles. The molecule has 140 valence electrons. The number of aliphatic carboxylic acids is 1. The Morgan fingerprint density at radius 2 is 1.92 bits per heavy atom. The second-order valence-electron chi connectivity index (χ2n) is 6.89. The third kappa shape index (κ3) is 2.87. The van der Waals surface area contributed by atoms with E-state index in [0.717, 1.165) is 25.7 Å². The molecule has 2 aliphatic rings. The molecule has 6 nitrogen and oxygen atoms in total. The summed E-state index contributed by atoms with van der Waals surface area (Å²) in [6.45, 7) is 1.73. The van der Waals surface area contributed by atoms with Gasteiger partial charge in [0.25, 0.3) is 0 Å². The second-order valence-corrected chi connectivity index (χ2v) is 7.30. The summed E-state index contributed by atoms with van der Waals surface area (Å²) in [6, 6.07) is 7.08. The minimum Gasteiger partial charge on any atom is -0.480 e. The number of rotatable bonds is 4. The van der Waals surface area contributed by atoms with Gasteiger partial charge in [0, 0.05) is 10.7 Å². The van der Waals surface area contributed by atoms with Gasteiger partial charge in [0.1, 0.15) is 5.54 Å². The molecule has 0 saturated heterocycles. The van der Waals surface area contributed by atoms with Crippen molar-refractivity contribution in [2.45, 2.75) is 44.1 Å². The van der Waals surface area contributed by atoms with E-state index in [9.17, 15) is 14.7 Å². The van der Waals surface area contributed by atoms with Crippen molar-refractivity contribution in [1.82, 2.24) is 10.9 Å². The number of ether oxygens (including phenoxy) is 1. The van der Waals surface area contributed by atoms with Gasteiger partial charge in [-0.1, -0.05) is 42.6 Å². The second kappa shape index (κ2) is 7.29. The lowest BCUT2D eigenvalue weighted by atomic mass is 9.66. The number of nitrogens with one attached hydrogen (secondary N) is 2. The Hall–Kier alpha value is -2.05. The van der Waals surface area contributed by atoms with Crippen LogP contribution in [0.25, 0.3) is 0 Å². The highest BCUT2D eigenvalue weighted by Crippen LogP contribution is 2.49. The number of allylic oxidation sites excluding steroid dienone is 1. The molecule has 2 unspecified atom stereocenters. The SMILES string of the molecule is COC(=O)C1=C(C)NNC(C(=O)O)(C2CCCC2)C1c1ccccc1Cl. The van der Waals surface area contributed by atoms with Crippen LogP contribution in [-0.2, 0) is 14.3 Å². The fraction of sp³-hybridized carbons (Fsp3) is 0.474. The summed E-state index contributed by atoms with van der Waals surface area (Å²) < 4.78 is 4.99. The lowest BCUT2D eigenvalue weighted by Crippen LogP contribution is -2.67. The molecule has 1 heterocycles. The summed E-state index contributed by atoms with van der Waals surface area (Å²) in [5.74, 6) is -2.45. The van der Waals surface area contributed by atoms with Gasteiger partial charge in [-0.2, -0.15) is 0 Å². The molecule has 7 heteroatoms. The van der Waals surface area contributed by atoms with Crippen LogP contribution in [0, 0.1) is 5.92 Å². The Bertz CT molecular complexity index is 758. The number of hydrogen-bond acceptors (Lipinski definition) is 5. The van der Waals surface area contributed by atoms with Crippen molar-refractivity contribution in [3.05, 3.63) is 46.1 Å². The van der Waals surface area contributed by atoms with Gasteiger partial charge < -0.3 is 15.3 Å². The van der Waals surface area contributed by atoms with Crippen LogP contribution in [0.1, 0.15) is 44.1 Å². The summed E-state index contributed by atoms with van der Waals surface area (Å²) in [5.41, 5.74) is 6.02. The Kier molecular flexibility index (Phi) is 5.25. The van der Waals surface area contributed by atoms with Gasteiger partial charge in [-0.05, 0) is 37.3 Å². The molecule has 3 rings (SSSR count). The number of carboxylic acids is 1. The van der Waals surface area contributed by atoms with Crippen LogP contribution in [0.2, 0.25) is 5.02 Å². The van der Waals surface area contributed by atoms with Gasteiger partial charge in [-0.3, -0.25) is 4.79 Å². The molecular formula is C19H23ClN2O4. The lowest BCUT2D eigenvalue weighted by molar-refractivity contribution is -0.150. The molecule has 3 N–H and O–H groups in total. The molecule has 2 atom stereocenters. The van der Waals surface area contributed by atoms with Gasteiger partial charge in [0.15, 0.2) is 0 Å². The molecule has 0 amide bonds. The Morgan fingerprint density at radius 3 is 2.50 bits per heavy atom. The summed E-state index contributed by atoms with van der Waals surface area (Å²) >= 11 is 6.44. The smallest absolute Gasteiger partial charge is 0.336 e. The van der Waals surface area contributed by atoms with E-state index in [1.165, 1.54) is 7.11 Å². The van der Waals surface area contributed by atoms with Gasteiger partial charge >= 0.3 is 11.9 Å². The number of esters is 1. The molecule has 0 bridgehead atoms. The first-order chi connectivity index (χ1) is 12.4. The van der Waals surface area contributed by atoms with Crippen molar-refractivity contribution >= 4 is 23.5 Å². The van der Waals surface area contributed by atoms with E-state index in [2.05, 4.69) is 10.9 Å². The average Bonchev–Trinajstić information content (AvgIpc) is 3.16. The van der Waals surface area contributed by atoms with Gasteiger partial charge in [0.2, 0.25) is 0 Å². The predicted octanol–water partition coefficient (Wildman–Crippen LogP) is 2.99. The van der Waals surface area contributed by atoms with Crippen molar-refractivity contribution in [3.8, 4) is 0 Å². The zero-order valence-corrected chi connectivity index (χ0v) is 15.6.